The number of rotatable bonds is 3. The van der Waals surface area contributed by atoms with Gasteiger partial charge in [-0.1, -0.05) is 24.3 Å². The van der Waals surface area contributed by atoms with Gasteiger partial charge in [-0.05, 0) is 50.6 Å². The number of hydrogen-bond acceptors (Lipinski definition) is 2. The summed E-state index contributed by atoms with van der Waals surface area (Å²) in [5, 5.41) is 0. The number of amides is 1. The molecular formula is C17H24N2O. The van der Waals surface area contributed by atoms with Crippen molar-refractivity contribution in [3.63, 3.8) is 0 Å². The van der Waals surface area contributed by atoms with E-state index in [9.17, 15) is 4.79 Å². The third kappa shape index (κ3) is 3.70. The summed E-state index contributed by atoms with van der Waals surface area (Å²) in [5.41, 5.74) is 3.56. The molecule has 3 nitrogen and oxygen atoms in total. The van der Waals surface area contributed by atoms with Crippen LogP contribution < -0.4 is 4.90 Å². The average Bonchev–Trinajstić information content (AvgIpc) is 2.60. The molecule has 0 aliphatic carbocycles. The van der Waals surface area contributed by atoms with Gasteiger partial charge in [-0.25, -0.2) is 0 Å². The van der Waals surface area contributed by atoms with E-state index in [1.54, 1.807) is 6.92 Å². The van der Waals surface area contributed by atoms with E-state index in [0.717, 1.165) is 38.0 Å². The Morgan fingerprint density at radius 2 is 2.15 bits per heavy atom. The Morgan fingerprint density at radius 3 is 2.85 bits per heavy atom. The highest BCUT2D eigenvalue weighted by atomic mass is 16.2. The van der Waals surface area contributed by atoms with Crippen LogP contribution in [0.4, 0.5) is 5.69 Å². The molecule has 0 fully saturated rings. The highest BCUT2D eigenvalue weighted by molar-refractivity contribution is 5.92. The summed E-state index contributed by atoms with van der Waals surface area (Å²) in [6, 6.07) is 6.47. The number of likely N-dealkylation sites (N-methyl/N-ethyl adjacent to an activating group) is 1. The van der Waals surface area contributed by atoms with Crippen LogP contribution in [-0.4, -0.2) is 38.0 Å². The molecule has 0 spiro atoms. The van der Waals surface area contributed by atoms with Gasteiger partial charge < -0.3 is 9.80 Å². The minimum absolute atomic E-state index is 0.141. The van der Waals surface area contributed by atoms with Gasteiger partial charge in [0.05, 0.1) is 0 Å². The van der Waals surface area contributed by atoms with E-state index < -0.39 is 0 Å². The SMILES string of the molecule is CC(=O)N1CCCCc2ccc(C=CCN(C)C)cc21. The van der Waals surface area contributed by atoms with Crippen LogP contribution in [-0.2, 0) is 11.2 Å². The number of anilines is 1. The quantitative estimate of drug-likeness (QED) is 0.844. The molecule has 0 saturated heterocycles. The smallest absolute Gasteiger partial charge is 0.223 e. The number of carbonyl (C=O) groups excluding carboxylic acids is 1. The molecule has 1 aromatic carbocycles. The van der Waals surface area contributed by atoms with Gasteiger partial charge in [0.15, 0.2) is 0 Å². The fourth-order valence-corrected chi connectivity index (χ4v) is 2.58. The van der Waals surface area contributed by atoms with Crippen LogP contribution in [0.2, 0.25) is 0 Å². The van der Waals surface area contributed by atoms with Crippen molar-refractivity contribution >= 4 is 17.7 Å². The first kappa shape index (κ1) is 14.8. The van der Waals surface area contributed by atoms with Gasteiger partial charge in [-0.3, -0.25) is 4.79 Å². The number of fused-ring (bicyclic) bond motifs is 1. The zero-order valence-electron chi connectivity index (χ0n) is 12.7. The first-order valence-electron chi connectivity index (χ1n) is 7.30. The Hall–Kier alpha value is -1.61. The zero-order valence-corrected chi connectivity index (χ0v) is 12.7. The van der Waals surface area contributed by atoms with Gasteiger partial charge in [0.1, 0.15) is 0 Å². The number of hydrogen-bond donors (Lipinski definition) is 0. The number of nitrogens with zero attached hydrogens (tertiary/aromatic N) is 2. The standard InChI is InChI=1S/C17H24N2O/c1-14(20)19-12-5-4-8-16-10-9-15(13-17(16)19)7-6-11-18(2)3/h6-7,9-10,13H,4-5,8,11-12H2,1-3H3. The van der Waals surface area contributed by atoms with Crippen LogP contribution in [0.15, 0.2) is 24.3 Å². The maximum atomic E-state index is 11.8. The van der Waals surface area contributed by atoms with E-state index in [4.69, 9.17) is 0 Å². The molecule has 20 heavy (non-hydrogen) atoms. The first-order chi connectivity index (χ1) is 9.58. The van der Waals surface area contributed by atoms with E-state index in [0.29, 0.717) is 0 Å². The maximum absolute atomic E-state index is 11.8. The predicted molar refractivity (Wildman–Crippen MR) is 85.0 cm³/mol. The van der Waals surface area contributed by atoms with Crippen LogP contribution >= 0.6 is 0 Å². The second-order valence-corrected chi connectivity index (χ2v) is 5.68. The lowest BCUT2D eigenvalue weighted by atomic mass is 10.0. The number of aryl methyl sites for hydroxylation is 1. The molecule has 1 aromatic rings. The summed E-state index contributed by atoms with van der Waals surface area (Å²) in [5.74, 6) is 0.141. The van der Waals surface area contributed by atoms with Gasteiger partial charge in [0.2, 0.25) is 5.91 Å². The highest BCUT2D eigenvalue weighted by Gasteiger charge is 2.18. The van der Waals surface area contributed by atoms with E-state index in [2.05, 4.69) is 49.3 Å². The molecule has 0 radical (unpaired) electrons. The molecule has 1 amide bonds. The molecule has 1 heterocycles. The fraction of sp³-hybridized carbons (Fsp3) is 0.471. The number of benzene rings is 1. The molecule has 0 unspecified atom stereocenters. The molecular weight excluding hydrogens is 248 g/mol. The summed E-state index contributed by atoms with van der Waals surface area (Å²) in [4.78, 5) is 15.9. The third-order valence-electron chi connectivity index (χ3n) is 3.64. The Morgan fingerprint density at radius 1 is 1.35 bits per heavy atom. The molecule has 0 aromatic heterocycles. The third-order valence-corrected chi connectivity index (χ3v) is 3.64. The average molecular weight is 272 g/mol. The molecule has 1 aliphatic heterocycles. The van der Waals surface area contributed by atoms with E-state index in [1.807, 2.05) is 4.90 Å². The molecule has 1 aliphatic rings. The fourth-order valence-electron chi connectivity index (χ4n) is 2.58. The molecule has 2 rings (SSSR count). The summed E-state index contributed by atoms with van der Waals surface area (Å²) in [6.07, 6.45) is 7.59. The lowest BCUT2D eigenvalue weighted by Gasteiger charge is -2.21. The van der Waals surface area contributed by atoms with Crippen LogP contribution in [0.3, 0.4) is 0 Å². The Labute approximate surface area is 121 Å². The summed E-state index contributed by atoms with van der Waals surface area (Å²) >= 11 is 0. The van der Waals surface area contributed by atoms with Gasteiger partial charge in [-0.15, -0.1) is 0 Å². The van der Waals surface area contributed by atoms with Gasteiger partial charge in [0.25, 0.3) is 0 Å². The molecule has 0 N–H and O–H groups in total. The van der Waals surface area contributed by atoms with E-state index in [1.165, 1.54) is 11.1 Å². The molecule has 0 saturated carbocycles. The van der Waals surface area contributed by atoms with Crippen LogP contribution in [0.1, 0.15) is 30.9 Å². The van der Waals surface area contributed by atoms with Crippen LogP contribution in [0.25, 0.3) is 6.08 Å². The van der Waals surface area contributed by atoms with Crippen LogP contribution in [0, 0.1) is 0 Å². The number of carbonyl (C=O) groups is 1. The van der Waals surface area contributed by atoms with E-state index >= 15 is 0 Å². The van der Waals surface area contributed by atoms with Crippen molar-refractivity contribution in [1.29, 1.82) is 0 Å². The first-order valence-corrected chi connectivity index (χ1v) is 7.30. The summed E-state index contributed by atoms with van der Waals surface area (Å²) in [6.45, 7) is 3.42. The summed E-state index contributed by atoms with van der Waals surface area (Å²) < 4.78 is 0. The Kier molecular flexibility index (Phi) is 4.96. The van der Waals surface area contributed by atoms with Crippen molar-refractivity contribution < 1.29 is 4.79 Å². The Balaban J connectivity index is 2.27. The highest BCUT2D eigenvalue weighted by Crippen LogP contribution is 2.28. The van der Waals surface area contributed by atoms with Crippen molar-refractivity contribution in [1.82, 2.24) is 4.90 Å². The zero-order chi connectivity index (χ0) is 14.5. The van der Waals surface area contributed by atoms with Crippen molar-refractivity contribution in [2.75, 3.05) is 32.1 Å². The van der Waals surface area contributed by atoms with Crippen molar-refractivity contribution in [2.45, 2.75) is 26.2 Å². The van der Waals surface area contributed by atoms with Crippen molar-refractivity contribution in [2.24, 2.45) is 0 Å². The normalized spacial score (nSPS) is 15.5. The van der Waals surface area contributed by atoms with Crippen molar-refractivity contribution in [3.05, 3.63) is 35.4 Å². The van der Waals surface area contributed by atoms with Gasteiger partial charge in [0, 0.05) is 25.7 Å². The predicted octanol–water partition coefficient (Wildman–Crippen LogP) is 2.95. The lowest BCUT2D eigenvalue weighted by Crippen LogP contribution is -2.29. The minimum Gasteiger partial charge on any atom is -0.312 e. The monoisotopic (exact) mass is 272 g/mol. The largest absolute Gasteiger partial charge is 0.312 e. The molecule has 3 heteroatoms. The molecule has 0 bridgehead atoms. The van der Waals surface area contributed by atoms with Crippen molar-refractivity contribution in [3.8, 4) is 0 Å². The second-order valence-electron chi connectivity index (χ2n) is 5.68. The minimum atomic E-state index is 0.141. The summed E-state index contributed by atoms with van der Waals surface area (Å²) in [7, 11) is 4.11. The van der Waals surface area contributed by atoms with Crippen LogP contribution in [0.5, 0.6) is 0 Å². The second kappa shape index (κ2) is 6.71. The lowest BCUT2D eigenvalue weighted by molar-refractivity contribution is -0.116. The van der Waals surface area contributed by atoms with Gasteiger partial charge in [-0.2, -0.15) is 0 Å². The van der Waals surface area contributed by atoms with E-state index in [-0.39, 0.29) is 5.91 Å². The molecule has 0 atom stereocenters. The van der Waals surface area contributed by atoms with Gasteiger partial charge >= 0.3 is 0 Å². The topological polar surface area (TPSA) is 23.6 Å². The Bertz CT molecular complexity index is 506. The molecule has 108 valence electrons. The maximum Gasteiger partial charge on any atom is 0.223 e.